The highest BCUT2D eigenvalue weighted by molar-refractivity contribution is 5.93. The lowest BCUT2D eigenvalue weighted by Crippen LogP contribution is -2.48. The molecule has 1 heterocycles. The fourth-order valence-electron chi connectivity index (χ4n) is 3.73. The molecule has 2 amide bonds. The van der Waals surface area contributed by atoms with E-state index in [1.165, 1.54) is 6.08 Å². The molecule has 2 rings (SSSR count). The van der Waals surface area contributed by atoms with E-state index in [1.807, 2.05) is 32.9 Å². The predicted molar refractivity (Wildman–Crippen MR) is 139 cm³/mol. The van der Waals surface area contributed by atoms with Gasteiger partial charge >= 0.3 is 11.9 Å². The minimum absolute atomic E-state index is 0.0118. The number of nitrogens with one attached hydrogen (secondary N) is 2. The molecule has 1 aliphatic rings. The topological polar surface area (TPSA) is 120 Å². The molecule has 9 heteroatoms. The van der Waals surface area contributed by atoms with Crippen molar-refractivity contribution in [2.45, 2.75) is 64.7 Å². The molecule has 0 aliphatic carbocycles. The van der Waals surface area contributed by atoms with Crippen LogP contribution < -0.4 is 15.4 Å². The Balaban J connectivity index is 2.27. The van der Waals surface area contributed by atoms with Crippen molar-refractivity contribution in [2.75, 3.05) is 13.7 Å². The van der Waals surface area contributed by atoms with Gasteiger partial charge in [-0.3, -0.25) is 14.4 Å². The van der Waals surface area contributed by atoms with Gasteiger partial charge < -0.3 is 24.8 Å². The number of cyclic esters (lactones) is 2. The van der Waals surface area contributed by atoms with Crippen LogP contribution in [0.4, 0.5) is 0 Å². The number of benzene rings is 1. The van der Waals surface area contributed by atoms with Gasteiger partial charge in [-0.25, -0.2) is 4.79 Å². The Hall–Kier alpha value is -3.62. The zero-order chi connectivity index (χ0) is 27.4. The van der Waals surface area contributed by atoms with Crippen LogP contribution in [0.25, 0.3) is 0 Å². The minimum atomic E-state index is -1.06. The number of hydrogen-bond donors (Lipinski definition) is 2. The summed E-state index contributed by atoms with van der Waals surface area (Å²) in [4.78, 5) is 50.9. The standard InChI is InChI=1S/C28H38N2O7/c1-6-19(4)23-8-7-9-25(31)30-22(17-20-10-12-21(35-5)13-11-20)27(33)29-15-14-26(32)36-24(16-18(2)3)28(34)37-23/h6-7,9-13,18-19,22-24H,1,8,14-17H2,2-5H3,(H,29,33)(H,30,31)/b9-7+/t19-,22-,23+,24+/m1/s1. The molecule has 0 fully saturated rings. The average molecular weight is 515 g/mol. The van der Waals surface area contributed by atoms with Gasteiger partial charge in [0.1, 0.15) is 17.9 Å². The number of esters is 2. The van der Waals surface area contributed by atoms with Crippen molar-refractivity contribution in [2.24, 2.45) is 11.8 Å². The Bertz CT molecular complexity index is 971. The number of hydrogen-bond acceptors (Lipinski definition) is 7. The van der Waals surface area contributed by atoms with E-state index in [0.29, 0.717) is 12.2 Å². The van der Waals surface area contributed by atoms with Crippen molar-refractivity contribution in [3.05, 3.63) is 54.6 Å². The second-order valence-electron chi connectivity index (χ2n) is 9.47. The van der Waals surface area contributed by atoms with E-state index in [0.717, 1.165) is 5.56 Å². The average Bonchev–Trinajstić information content (AvgIpc) is 2.86. The molecule has 4 atom stereocenters. The molecular weight excluding hydrogens is 476 g/mol. The molecule has 2 N–H and O–H groups in total. The second kappa shape index (κ2) is 14.8. The van der Waals surface area contributed by atoms with E-state index >= 15 is 0 Å². The first-order valence-corrected chi connectivity index (χ1v) is 12.5. The molecule has 0 bridgehead atoms. The molecule has 0 aromatic heterocycles. The van der Waals surface area contributed by atoms with Crippen LogP contribution in [0.15, 0.2) is 49.1 Å². The van der Waals surface area contributed by atoms with Crippen LogP contribution in [0.2, 0.25) is 0 Å². The van der Waals surface area contributed by atoms with Gasteiger partial charge in [-0.15, -0.1) is 6.58 Å². The van der Waals surface area contributed by atoms with E-state index in [2.05, 4.69) is 17.2 Å². The Morgan fingerprint density at radius 1 is 1.11 bits per heavy atom. The van der Waals surface area contributed by atoms with Crippen LogP contribution in [0, 0.1) is 11.8 Å². The van der Waals surface area contributed by atoms with Crippen LogP contribution in [-0.4, -0.2) is 55.7 Å². The molecule has 0 spiro atoms. The van der Waals surface area contributed by atoms with E-state index in [1.54, 1.807) is 31.4 Å². The van der Waals surface area contributed by atoms with Gasteiger partial charge in [0.2, 0.25) is 11.8 Å². The fraction of sp³-hybridized carbons (Fsp3) is 0.500. The first-order chi connectivity index (χ1) is 17.6. The van der Waals surface area contributed by atoms with Crippen molar-refractivity contribution in [1.29, 1.82) is 0 Å². The smallest absolute Gasteiger partial charge is 0.347 e. The maximum Gasteiger partial charge on any atom is 0.347 e. The summed E-state index contributed by atoms with van der Waals surface area (Å²) in [6.07, 6.45) is 3.54. The number of methoxy groups -OCH3 is 1. The lowest BCUT2D eigenvalue weighted by molar-refractivity contribution is -0.173. The van der Waals surface area contributed by atoms with Gasteiger partial charge in [0.25, 0.3) is 0 Å². The van der Waals surface area contributed by atoms with Gasteiger partial charge in [0.15, 0.2) is 6.10 Å². The molecule has 1 aromatic carbocycles. The van der Waals surface area contributed by atoms with E-state index in [9.17, 15) is 19.2 Å². The highest BCUT2D eigenvalue weighted by Crippen LogP contribution is 2.18. The van der Waals surface area contributed by atoms with Gasteiger partial charge in [-0.1, -0.05) is 45.1 Å². The largest absolute Gasteiger partial charge is 0.497 e. The summed E-state index contributed by atoms with van der Waals surface area (Å²) < 4.78 is 16.3. The summed E-state index contributed by atoms with van der Waals surface area (Å²) in [6, 6.07) is 6.31. The van der Waals surface area contributed by atoms with Crippen molar-refractivity contribution in [3.8, 4) is 5.75 Å². The fourth-order valence-corrected chi connectivity index (χ4v) is 3.73. The molecule has 0 radical (unpaired) electrons. The number of carbonyl (C=O) groups is 4. The normalized spacial score (nSPS) is 23.8. The Morgan fingerprint density at radius 2 is 1.81 bits per heavy atom. The summed E-state index contributed by atoms with van der Waals surface area (Å²) in [5.41, 5.74) is 0.822. The third kappa shape index (κ3) is 10.1. The van der Waals surface area contributed by atoms with Gasteiger partial charge in [0.05, 0.1) is 13.5 Å². The first-order valence-electron chi connectivity index (χ1n) is 12.5. The maximum atomic E-state index is 12.9. The molecule has 202 valence electrons. The highest BCUT2D eigenvalue weighted by Gasteiger charge is 2.29. The SMILES string of the molecule is C=C[C@@H](C)[C@@H]1C/C=C/C(=O)N[C@H](Cc2ccc(OC)cc2)C(=O)NCCC(=O)O[C@@H](CC(C)C)C(=O)O1. The quantitative estimate of drug-likeness (QED) is 0.424. The van der Waals surface area contributed by atoms with Crippen molar-refractivity contribution in [1.82, 2.24) is 10.6 Å². The van der Waals surface area contributed by atoms with Gasteiger partial charge in [0, 0.05) is 25.3 Å². The second-order valence-corrected chi connectivity index (χ2v) is 9.47. The highest BCUT2D eigenvalue weighted by atomic mass is 16.6. The molecule has 0 saturated carbocycles. The lowest BCUT2D eigenvalue weighted by Gasteiger charge is -2.25. The van der Waals surface area contributed by atoms with Crippen LogP contribution in [-0.2, 0) is 35.1 Å². The van der Waals surface area contributed by atoms with E-state index in [-0.39, 0.29) is 37.6 Å². The summed E-state index contributed by atoms with van der Waals surface area (Å²) in [5, 5.41) is 5.39. The summed E-state index contributed by atoms with van der Waals surface area (Å²) in [5.74, 6) is -1.62. The van der Waals surface area contributed by atoms with Crippen molar-refractivity contribution >= 4 is 23.8 Å². The van der Waals surface area contributed by atoms with Crippen LogP contribution in [0.5, 0.6) is 5.75 Å². The van der Waals surface area contributed by atoms with Crippen molar-refractivity contribution in [3.63, 3.8) is 0 Å². The number of rotatable bonds is 7. The molecular formula is C28H38N2O7. The summed E-state index contributed by atoms with van der Waals surface area (Å²) in [6.45, 7) is 9.43. The monoisotopic (exact) mass is 514 g/mol. The van der Waals surface area contributed by atoms with Crippen LogP contribution in [0.3, 0.4) is 0 Å². The molecule has 1 aromatic rings. The van der Waals surface area contributed by atoms with E-state index < -0.39 is 42.0 Å². The molecule has 0 unspecified atom stereocenters. The third-order valence-electron chi connectivity index (χ3n) is 5.95. The molecule has 1 aliphatic heterocycles. The van der Waals surface area contributed by atoms with Crippen LogP contribution in [0.1, 0.15) is 45.6 Å². The maximum absolute atomic E-state index is 12.9. The number of ether oxygens (including phenoxy) is 3. The Kier molecular flexibility index (Phi) is 11.9. The lowest BCUT2D eigenvalue weighted by atomic mass is 10.0. The number of amides is 2. The van der Waals surface area contributed by atoms with Crippen LogP contribution >= 0.6 is 0 Å². The number of carbonyl (C=O) groups excluding carboxylic acids is 4. The van der Waals surface area contributed by atoms with E-state index in [4.69, 9.17) is 14.2 Å². The minimum Gasteiger partial charge on any atom is -0.497 e. The zero-order valence-corrected chi connectivity index (χ0v) is 22.0. The van der Waals surface area contributed by atoms with Gasteiger partial charge in [-0.05, 0) is 36.1 Å². The summed E-state index contributed by atoms with van der Waals surface area (Å²) >= 11 is 0. The Labute approximate surface area is 218 Å². The summed E-state index contributed by atoms with van der Waals surface area (Å²) in [7, 11) is 1.56. The van der Waals surface area contributed by atoms with Gasteiger partial charge in [-0.2, -0.15) is 0 Å². The Morgan fingerprint density at radius 3 is 2.43 bits per heavy atom. The van der Waals surface area contributed by atoms with Crippen molar-refractivity contribution < 1.29 is 33.4 Å². The molecule has 0 saturated heterocycles. The first kappa shape index (κ1) is 29.6. The molecule has 9 nitrogen and oxygen atoms in total. The predicted octanol–water partition coefficient (Wildman–Crippen LogP) is 2.88. The third-order valence-corrected chi connectivity index (χ3v) is 5.95. The zero-order valence-electron chi connectivity index (χ0n) is 22.0. The molecule has 37 heavy (non-hydrogen) atoms.